The van der Waals surface area contributed by atoms with E-state index in [9.17, 15) is 9.18 Å². The number of aldehydes is 1. The van der Waals surface area contributed by atoms with Gasteiger partial charge in [0.1, 0.15) is 12.5 Å². The van der Waals surface area contributed by atoms with Crippen molar-refractivity contribution in [2.24, 2.45) is 0 Å². The number of hydrogen-bond donors (Lipinski definition) is 0. The van der Waals surface area contributed by atoms with Crippen LogP contribution in [0.1, 0.15) is 34.3 Å². The molecule has 0 saturated heterocycles. The first-order valence-corrected chi connectivity index (χ1v) is 7.39. The third-order valence-corrected chi connectivity index (χ3v) is 4.19. The van der Waals surface area contributed by atoms with Gasteiger partial charge in [-0.1, -0.05) is 48.5 Å². The van der Waals surface area contributed by atoms with Crippen molar-refractivity contribution in [2.75, 3.05) is 6.61 Å². The number of halogens is 1. The summed E-state index contributed by atoms with van der Waals surface area (Å²) in [5.41, 5.74) is 2.36. The fraction of sp³-hybridized carbons (Fsp3) is 0.263. The molecule has 22 heavy (non-hydrogen) atoms. The molecular weight excluding hydrogens is 279 g/mol. The molecule has 1 saturated carbocycles. The number of carbonyl (C=O) groups excluding carboxylic acids is 1. The van der Waals surface area contributed by atoms with Gasteiger partial charge in [-0.25, -0.2) is 4.39 Å². The lowest BCUT2D eigenvalue weighted by Gasteiger charge is -2.44. The van der Waals surface area contributed by atoms with Gasteiger partial charge in [0.2, 0.25) is 0 Å². The summed E-state index contributed by atoms with van der Waals surface area (Å²) in [6, 6.07) is 17.3. The second-order valence-corrected chi connectivity index (χ2v) is 5.87. The van der Waals surface area contributed by atoms with Crippen LogP contribution in [0.5, 0.6) is 0 Å². The summed E-state index contributed by atoms with van der Waals surface area (Å²) < 4.78 is 19.3. The summed E-state index contributed by atoms with van der Waals surface area (Å²) >= 11 is 0. The third-order valence-electron chi connectivity index (χ3n) is 4.19. The molecule has 2 nitrogen and oxygen atoms in total. The van der Waals surface area contributed by atoms with Crippen molar-refractivity contribution in [3.05, 3.63) is 77.5 Å². The first kappa shape index (κ1) is 14.9. The zero-order valence-corrected chi connectivity index (χ0v) is 12.3. The second kappa shape index (κ2) is 6.41. The van der Waals surface area contributed by atoms with Crippen molar-refractivity contribution in [1.82, 2.24) is 0 Å². The van der Waals surface area contributed by atoms with Crippen molar-refractivity contribution in [3.63, 3.8) is 0 Å². The molecule has 2 aromatic carbocycles. The second-order valence-electron chi connectivity index (χ2n) is 5.87. The molecule has 1 aliphatic carbocycles. The van der Waals surface area contributed by atoms with Crippen molar-refractivity contribution in [2.45, 2.75) is 24.9 Å². The third kappa shape index (κ3) is 3.09. The van der Waals surface area contributed by atoms with Crippen LogP contribution in [0.25, 0.3) is 0 Å². The summed E-state index contributed by atoms with van der Waals surface area (Å²) in [6.07, 6.45) is 1.58. The quantitative estimate of drug-likeness (QED) is 0.745. The van der Waals surface area contributed by atoms with E-state index in [4.69, 9.17) is 4.74 Å². The molecule has 2 aromatic rings. The Morgan fingerprint density at radius 1 is 1.09 bits per heavy atom. The number of benzene rings is 2. The van der Waals surface area contributed by atoms with Gasteiger partial charge in [0.25, 0.3) is 0 Å². The highest BCUT2D eigenvalue weighted by atomic mass is 19.1. The lowest BCUT2D eigenvalue weighted by atomic mass is 9.63. The Hall–Kier alpha value is -2.00. The predicted octanol–water partition coefficient (Wildman–Crippen LogP) is 4.25. The Labute approximate surface area is 129 Å². The molecule has 0 amide bonds. The smallest absolute Gasteiger partial charge is 0.150 e. The largest absolute Gasteiger partial charge is 0.376 e. The van der Waals surface area contributed by atoms with Crippen LogP contribution in [0.3, 0.4) is 0 Å². The first-order valence-electron chi connectivity index (χ1n) is 7.39. The number of hydrogen-bond acceptors (Lipinski definition) is 2. The molecule has 3 rings (SSSR count). The van der Waals surface area contributed by atoms with Crippen LogP contribution in [0, 0.1) is 6.17 Å². The monoisotopic (exact) mass is 297 g/mol. The van der Waals surface area contributed by atoms with Crippen LogP contribution in [-0.2, 0) is 16.8 Å². The zero-order chi connectivity index (χ0) is 15.4. The average Bonchev–Trinajstić information content (AvgIpc) is 2.54. The van der Waals surface area contributed by atoms with E-state index in [0.29, 0.717) is 31.6 Å². The van der Waals surface area contributed by atoms with Crippen LogP contribution in [0.2, 0.25) is 0 Å². The van der Waals surface area contributed by atoms with Gasteiger partial charge >= 0.3 is 0 Å². The zero-order valence-electron chi connectivity index (χ0n) is 12.3. The molecule has 3 heteroatoms. The van der Waals surface area contributed by atoms with Crippen LogP contribution in [-0.4, -0.2) is 12.9 Å². The Bertz CT molecular complexity index is 633. The Balaban J connectivity index is 1.70. The molecule has 1 radical (unpaired) electrons. The molecule has 0 heterocycles. The maximum atomic E-state index is 13.4. The molecular formula is C19H18FO2. The highest BCUT2D eigenvalue weighted by molar-refractivity contribution is 5.75. The van der Waals surface area contributed by atoms with Crippen molar-refractivity contribution < 1.29 is 13.9 Å². The van der Waals surface area contributed by atoms with Crippen molar-refractivity contribution in [3.8, 4) is 0 Å². The van der Waals surface area contributed by atoms with E-state index < -0.39 is 0 Å². The molecule has 1 fully saturated rings. The normalized spacial score (nSPS) is 17.0. The lowest BCUT2D eigenvalue weighted by molar-refractivity contribution is 0.0282. The summed E-state index contributed by atoms with van der Waals surface area (Å²) in [5.74, 6) is 0. The molecule has 1 aliphatic rings. The minimum absolute atomic E-state index is 0.000169. The summed E-state index contributed by atoms with van der Waals surface area (Å²) in [5, 5.41) is 0. The van der Waals surface area contributed by atoms with Crippen molar-refractivity contribution in [1.29, 1.82) is 0 Å². The Kier molecular flexibility index (Phi) is 4.34. The highest BCUT2D eigenvalue weighted by Crippen LogP contribution is 2.50. The fourth-order valence-electron chi connectivity index (χ4n) is 2.95. The molecule has 0 aliphatic heterocycles. The molecule has 0 bridgehead atoms. The summed E-state index contributed by atoms with van der Waals surface area (Å²) in [4.78, 5) is 10.9. The highest BCUT2D eigenvalue weighted by Gasteiger charge is 2.47. The van der Waals surface area contributed by atoms with E-state index in [1.807, 2.05) is 48.5 Å². The number of carbonyl (C=O) groups is 1. The van der Waals surface area contributed by atoms with E-state index in [0.717, 1.165) is 17.4 Å². The topological polar surface area (TPSA) is 26.3 Å². The van der Waals surface area contributed by atoms with Gasteiger partial charge in [-0.15, -0.1) is 0 Å². The molecule has 0 N–H and O–H groups in total. The van der Waals surface area contributed by atoms with Gasteiger partial charge in [0.05, 0.1) is 13.2 Å². The van der Waals surface area contributed by atoms with Gasteiger partial charge < -0.3 is 4.74 Å². The molecule has 113 valence electrons. The van der Waals surface area contributed by atoms with Gasteiger partial charge in [-0.05, 0) is 30.0 Å². The fourth-order valence-corrected chi connectivity index (χ4v) is 2.95. The Morgan fingerprint density at radius 3 is 2.55 bits per heavy atom. The molecule has 0 atom stereocenters. The van der Waals surface area contributed by atoms with Gasteiger partial charge in [0, 0.05) is 11.0 Å². The SMILES string of the molecule is O=Cc1cccc(C2(COCc3ccccc3)C[C](F)C2)c1. The van der Waals surface area contributed by atoms with Gasteiger partial charge in [-0.3, -0.25) is 4.79 Å². The number of ether oxygens (including phenoxy) is 1. The van der Waals surface area contributed by atoms with Crippen LogP contribution in [0.15, 0.2) is 54.6 Å². The van der Waals surface area contributed by atoms with Crippen LogP contribution >= 0.6 is 0 Å². The van der Waals surface area contributed by atoms with Gasteiger partial charge in [0.15, 0.2) is 0 Å². The van der Waals surface area contributed by atoms with Gasteiger partial charge in [-0.2, -0.15) is 0 Å². The predicted molar refractivity (Wildman–Crippen MR) is 83.2 cm³/mol. The minimum atomic E-state index is -0.335. The van der Waals surface area contributed by atoms with E-state index in [1.165, 1.54) is 0 Å². The van der Waals surface area contributed by atoms with E-state index in [2.05, 4.69) is 0 Å². The summed E-state index contributed by atoms with van der Waals surface area (Å²) in [6.45, 7) is 0.967. The maximum absolute atomic E-state index is 13.4. The standard InChI is InChI=1S/C19H18FO2/c20-18-10-19(11-18,17-8-4-7-16(9-17)12-21)14-22-13-15-5-2-1-3-6-15/h1-9,12H,10-11,13-14H2. The van der Waals surface area contributed by atoms with Crippen molar-refractivity contribution >= 4 is 6.29 Å². The lowest BCUT2D eigenvalue weighted by Crippen LogP contribution is -2.42. The number of rotatable bonds is 6. The first-order chi connectivity index (χ1) is 10.7. The van der Waals surface area contributed by atoms with E-state index >= 15 is 0 Å². The molecule has 0 aromatic heterocycles. The van der Waals surface area contributed by atoms with E-state index in [1.54, 1.807) is 6.07 Å². The minimum Gasteiger partial charge on any atom is -0.376 e. The van der Waals surface area contributed by atoms with E-state index in [-0.39, 0.29) is 11.6 Å². The average molecular weight is 297 g/mol. The Morgan fingerprint density at radius 2 is 1.86 bits per heavy atom. The van der Waals surface area contributed by atoms with Crippen LogP contribution < -0.4 is 0 Å². The molecule has 0 spiro atoms. The van der Waals surface area contributed by atoms with Crippen LogP contribution in [0.4, 0.5) is 4.39 Å². The molecule has 0 unspecified atom stereocenters. The summed E-state index contributed by atoms with van der Waals surface area (Å²) in [7, 11) is 0. The maximum Gasteiger partial charge on any atom is 0.150 e.